The zero-order chi connectivity index (χ0) is 17.3. The third kappa shape index (κ3) is 2.95. The number of aryl methyl sites for hydroxylation is 1. The molecule has 6 heteroatoms. The Balaban J connectivity index is 1.84. The summed E-state index contributed by atoms with van der Waals surface area (Å²) in [6.07, 6.45) is 1.73. The maximum atomic E-state index is 12.5. The first-order valence-electron chi connectivity index (χ1n) is 7.56. The maximum absolute atomic E-state index is 12.5. The number of carbonyl (C=O) groups excluding carboxylic acids is 1. The lowest BCUT2D eigenvalue weighted by Gasteiger charge is -2.15. The fourth-order valence-electron chi connectivity index (χ4n) is 2.65. The molecule has 0 aliphatic carbocycles. The number of amides is 1. The molecule has 0 aliphatic heterocycles. The highest BCUT2D eigenvalue weighted by molar-refractivity contribution is 6.35. The molecule has 0 bridgehead atoms. The van der Waals surface area contributed by atoms with Crippen LogP contribution >= 0.6 is 11.6 Å². The first-order chi connectivity index (χ1) is 11.5. The number of anilines is 1. The minimum Gasteiger partial charge on any atom is -0.449 e. The molecular formula is C18H18ClN3O2. The van der Waals surface area contributed by atoms with Crippen LogP contribution in [0.5, 0.6) is 0 Å². The van der Waals surface area contributed by atoms with Crippen LogP contribution in [0.15, 0.2) is 40.9 Å². The van der Waals surface area contributed by atoms with Crippen molar-refractivity contribution < 1.29 is 9.21 Å². The van der Waals surface area contributed by atoms with Crippen LogP contribution in [0.1, 0.15) is 21.7 Å². The summed E-state index contributed by atoms with van der Waals surface area (Å²) in [6.45, 7) is 2.22. The number of rotatable bonds is 4. The van der Waals surface area contributed by atoms with E-state index in [0.717, 1.165) is 22.3 Å². The van der Waals surface area contributed by atoms with Crippen molar-refractivity contribution >= 4 is 34.3 Å². The summed E-state index contributed by atoms with van der Waals surface area (Å²) in [5.41, 5.74) is 2.25. The van der Waals surface area contributed by atoms with Crippen LogP contribution < -0.4 is 10.2 Å². The summed E-state index contributed by atoms with van der Waals surface area (Å²) in [5.74, 6) is 0.837. The zero-order valence-electron chi connectivity index (χ0n) is 13.8. The number of pyridine rings is 1. The minimum atomic E-state index is -0.270. The number of carbonyl (C=O) groups is 1. The molecule has 0 fully saturated rings. The predicted octanol–water partition coefficient (Wildman–Crippen LogP) is 3.79. The van der Waals surface area contributed by atoms with E-state index < -0.39 is 0 Å². The fourth-order valence-corrected chi connectivity index (χ4v) is 2.87. The van der Waals surface area contributed by atoms with E-state index in [-0.39, 0.29) is 11.7 Å². The van der Waals surface area contributed by atoms with E-state index in [2.05, 4.69) is 10.3 Å². The van der Waals surface area contributed by atoms with Gasteiger partial charge in [0.1, 0.15) is 5.82 Å². The van der Waals surface area contributed by atoms with Gasteiger partial charge >= 0.3 is 0 Å². The summed E-state index contributed by atoms with van der Waals surface area (Å²) in [5, 5.41) is 4.24. The molecule has 1 N–H and O–H groups in total. The van der Waals surface area contributed by atoms with Crippen LogP contribution in [-0.2, 0) is 6.54 Å². The summed E-state index contributed by atoms with van der Waals surface area (Å²) in [4.78, 5) is 18.8. The van der Waals surface area contributed by atoms with E-state index in [0.29, 0.717) is 17.2 Å². The lowest BCUT2D eigenvalue weighted by Crippen LogP contribution is -2.24. The molecule has 0 spiro atoms. The van der Waals surface area contributed by atoms with Crippen molar-refractivity contribution in [2.75, 3.05) is 19.0 Å². The highest BCUT2D eigenvalue weighted by Crippen LogP contribution is 2.30. The molecule has 0 unspecified atom stereocenters. The van der Waals surface area contributed by atoms with E-state index >= 15 is 0 Å². The van der Waals surface area contributed by atoms with Gasteiger partial charge in [0.05, 0.1) is 5.02 Å². The molecule has 2 heterocycles. The quantitative estimate of drug-likeness (QED) is 0.783. The second-order valence-electron chi connectivity index (χ2n) is 5.74. The first-order valence-corrected chi connectivity index (χ1v) is 7.94. The number of furan rings is 1. The molecule has 0 radical (unpaired) electrons. The molecule has 0 saturated heterocycles. The van der Waals surface area contributed by atoms with Gasteiger partial charge in [-0.15, -0.1) is 0 Å². The molecule has 0 atom stereocenters. The van der Waals surface area contributed by atoms with E-state index in [4.69, 9.17) is 16.0 Å². The fraction of sp³-hybridized carbons (Fsp3) is 0.222. The normalized spacial score (nSPS) is 10.8. The number of hydrogen-bond acceptors (Lipinski definition) is 4. The number of halogens is 1. The first kappa shape index (κ1) is 16.3. The SMILES string of the molecule is Cc1c(C(=O)NCc2cccnc2N(C)C)oc2c(Cl)cccc12. The van der Waals surface area contributed by atoms with Crippen molar-refractivity contribution in [2.24, 2.45) is 0 Å². The van der Waals surface area contributed by atoms with Crippen molar-refractivity contribution in [2.45, 2.75) is 13.5 Å². The Morgan fingerprint density at radius 2 is 2.08 bits per heavy atom. The number of para-hydroxylation sites is 1. The average Bonchev–Trinajstić information content (AvgIpc) is 2.91. The van der Waals surface area contributed by atoms with Gasteiger partial charge in [-0.3, -0.25) is 4.79 Å². The summed E-state index contributed by atoms with van der Waals surface area (Å²) >= 11 is 6.14. The molecule has 3 aromatic rings. The third-order valence-electron chi connectivity index (χ3n) is 3.85. The smallest absolute Gasteiger partial charge is 0.287 e. The Morgan fingerprint density at radius 1 is 1.29 bits per heavy atom. The Bertz CT molecular complexity index is 902. The van der Waals surface area contributed by atoms with Gasteiger partial charge in [0.15, 0.2) is 11.3 Å². The van der Waals surface area contributed by atoms with Gasteiger partial charge in [-0.2, -0.15) is 0 Å². The third-order valence-corrected chi connectivity index (χ3v) is 4.15. The van der Waals surface area contributed by atoms with Gasteiger partial charge in [-0.05, 0) is 19.1 Å². The van der Waals surface area contributed by atoms with Crippen molar-refractivity contribution in [3.8, 4) is 0 Å². The summed E-state index contributed by atoms with van der Waals surface area (Å²) in [7, 11) is 3.83. The zero-order valence-corrected chi connectivity index (χ0v) is 14.5. The van der Waals surface area contributed by atoms with Crippen LogP contribution in [0.3, 0.4) is 0 Å². The number of fused-ring (bicyclic) bond motifs is 1. The van der Waals surface area contributed by atoms with Crippen LogP contribution in [0, 0.1) is 6.92 Å². The van der Waals surface area contributed by atoms with Crippen molar-refractivity contribution in [1.29, 1.82) is 0 Å². The molecule has 24 heavy (non-hydrogen) atoms. The Morgan fingerprint density at radius 3 is 2.79 bits per heavy atom. The highest BCUT2D eigenvalue weighted by Gasteiger charge is 2.19. The molecule has 0 aliphatic rings. The van der Waals surface area contributed by atoms with Gasteiger partial charge in [0.25, 0.3) is 5.91 Å². The molecule has 2 aromatic heterocycles. The number of benzene rings is 1. The van der Waals surface area contributed by atoms with Gasteiger partial charge in [-0.1, -0.05) is 29.8 Å². The predicted molar refractivity (Wildman–Crippen MR) is 95.7 cm³/mol. The highest BCUT2D eigenvalue weighted by atomic mass is 35.5. The largest absolute Gasteiger partial charge is 0.449 e. The maximum Gasteiger partial charge on any atom is 0.287 e. The van der Waals surface area contributed by atoms with Crippen molar-refractivity contribution in [3.05, 3.63) is 58.4 Å². The minimum absolute atomic E-state index is 0.270. The molecule has 5 nitrogen and oxygen atoms in total. The number of nitrogens with one attached hydrogen (secondary N) is 1. The topological polar surface area (TPSA) is 58.4 Å². The molecule has 0 saturated carbocycles. The second-order valence-corrected chi connectivity index (χ2v) is 6.14. The lowest BCUT2D eigenvalue weighted by molar-refractivity contribution is 0.0924. The molecule has 1 aromatic carbocycles. The van der Waals surface area contributed by atoms with E-state index in [9.17, 15) is 4.79 Å². The summed E-state index contributed by atoms with van der Waals surface area (Å²) in [6, 6.07) is 9.26. The average molecular weight is 344 g/mol. The molecule has 3 rings (SSSR count). The lowest BCUT2D eigenvalue weighted by atomic mass is 10.1. The van der Waals surface area contributed by atoms with Crippen molar-refractivity contribution in [1.82, 2.24) is 10.3 Å². The standard InChI is InChI=1S/C18H18ClN3O2/c1-11-13-7-4-8-14(19)16(13)24-15(11)18(23)21-10-12-6-5-9-20-17(12)22(2)3/h4-9H,10H2,1-3H3,(H,21,23). The number of nitrogens with zero attached hydrogens (tertiary/aromatic N) is 2. The Labute approximate surface area is 145 Å². The molecule has 1 amide bonds. The Hall–Kier alpha value is -2.53. The van der Waals surface area contributed by atoms with Gasteiger partial charge < -0.3 is 14.6 Å². The van der Waals surface area contributed by atoms with Crippen LogP contribution in [0.2, 0.25) is 5.02 Å². The van der Waals surface area contributed by atoms with Gasteiger partial charge in [-0.25, -0.2) is 4.98 Å². The van der Waals surface area contributed by atoms with Crippen molar-refractivity contribution in [3.63, 3.8) is 0 Å². The van der Waals surface area contributed by atoms with Gasteiger partial charge in [0.2, 0.25) is 0 Å². The van der Waals surface area contributed by atoms with Crippen LogP contribution in [-0.4, -0.2) is 25.0 Å². The van der Waals surface area contributed by atoms with Gasteiger partial charge in [0, 0.05) is 43.4 Å². The van der Waals surface area contributed by atoms with Crippen LogP contribution in [0.4, 0.5) is 5.82 Å². The molecular weight excluding hydrogens is 326 g/mol. The number of hydrogen-bond donors (Lipinski definition) is 1. The summed E-state index contributed by atoms with van der Waals surface area (Å²) < 4.78 is 5.69. The number of aromatic nitrogens is 1. The monoisotopic (exact) mass is 343 g/mol. The van der Waals surface area contributed by atoms with E-state index in [1.165, 1.54) is 0 Å². The van der Waals surface area contributed by atoms with E-state index in [1.54, 1.807) is 12.3 Å². The Kier molecular flexibility index (Phi) is 4.44. The van der Waals surface area contributed by atoms with Crippen LogP contribution in [0.25, 0.3) is 11.0 Å². The second kappa shape index (κ2) is 6.53. The molecule has 124 valence electrons. The van der Waals surface area contributed by atoms with E-state index in [1.807, 2.05) is 50.2 Å².